The summed E-state index contributed by atoms with van der Waals surface area (Å²) in [5.41, 5.74) is 1.14. The number of hydrogen-bond donors (Lipinski definition) is 0. The van der Waals surface area contributed by atoms with E-state index >= 15 is 0 Å². The minimum Gasteiger partial charge on any atom is -0.371 e. The Bertz CT molecular complexity index is 425. The molecule has 0 bridgehead atoms. The molecule has 4 heteroatoms. The fraction of sp³-hybridized carbons (Fsp3) is 0.467. The molecule has 19 heavy (non-hydrogen) atoms. The second kappa shape index (κ2) is 8.15. The van der Waals surface area contributed by atoms with Gasteiger partial charge in [0, 0.05) is 38.8 Å². The first-order valence-electron chi connectivity index (χ1n) is 6.60. The van der Waals surface area contributed by atoms with Crippen LogP contribution in [0, 0.1) is 11.3 Å². The largest absolute Gasteiger partial charge is 0.371 e. The predicted molar refractivity (Wildman–Crippen MR) is 76.8 cm³/mol. The Kier molecular flexibility index (Phi) is 6.45. The molecule has 0 atom stereocenters. The average molecular weight is 259 g/mol. The topological polar surface area (TPSA) is 47.3 Å². The molecule has 102 valence electrons. The molecule has 0 aliphatic rings. The zero-order valence-electron chi connectivity index (χ0n) is 11.7. The average Bonchev–Trinajstić information content (AvgIpc) is 2.46. The predicted octanol–water partition coefficient (Wildman–Crippen LogP) is 2.28. The van der Waals surface area contributed by atoms with Crippen molar-refractivity contribution in [3.8, 4) is 6.07 Å². The molecule has 0 unspecified atom stereocenters. The van der Waals surface area contributed by atoms with Gasteiger partial charge in [0.1, 0.15) is 0 Å². The lowest BCUT2D eigenvalue weighted by atomic mass is 10.2. The van der Waals surface area contributed by atoms with E-state index in [4.69, 9.17) is 5.26 Å². The van der Waals surface area contributed by atoms with Crippen LogP contribution in [0.2, 0.25) is 0 Å². The SMILES string of the molecule is CCN(CCC(=O)N(C)CCC#N)c1ccccc1. The van der Waals surface area contributed by atoms with Gasteiger partial charge >= 0.3 is 0 Å². The summed E-state index contributed by atoms with van der Waals surface area (Å²) < 4.78 is 0. The number of carbonyl (C=O) groups excluding carboxylic acids is 1. The standard InChI is InChI=1S/C15H21N3O/c1-3-18(14-8-5-4-6-9-14)13-10-15(19)17(2)12-7-11-16/h4-6,8-9H,3,7,10,12-13H2,1-2H3. The summed E-state index contributed by atoms with van der Waals surface area (Å²) in [4.78, 5) is 15.7. The van der Waals surface area contributed by atoms with E-state index in [1.54, 1.807) is 11.9 Å². The van der Waals surface area contributed by atoms with E-state index in [0.717, 1.165) is 12.2 Å². The van der Waals surface area contributed by atoms with Crippen LogP contribution in [0.3, 0.4) is 0 Å². The molecule has 0 N–H and O–H groups in total. The van der Waals surface area contributed by atoms with E-state index in [9.17, 15) is 4.79 Å². The summed E-state index contributed by atoms with van der Waals surface area (Å²) >= 11 is 0. The fourth-order valence-electron chi connectivity index (χ4n) is 1.87. The molecule has 0 heterocycles. The molecule has 0 aliphatic heterocycles. The maximum absolute atomic E-state index is 11.9. The molecule has 1 rings (SSSR count). The van der Waals surface area contributed by atoms with Crippen molar-refractivity contribution in [2.75, 3.05) is 31.6 Å². The molecule has 0 saturated heterocycles. The lowest BCUT2D eigenvalue weighted by molar-refractivity contribution is -0.129. The molecule has 1 aromatic carbocycles. The Morgan fingerprint density at radius 3 is 2.53 bits per heavy atom. The highest BCUT2D eigenvalue weighted by Crippen LogP contribution is 2.13. The Labute approximate surface area is 115 Å². The van der Waals surface area contributed by atoms with Crippen molar-refractivity contribution in [3.63, 3.8) is 0 Å². The number of hydrogen-bond acceptors (Lipinski definition) is 3. The van der Waals surface area contributed by atoms with E-state index in [-0.39, 0.29) is 5.91 Å². The van der Waals surface area contributed by atoms with Gasteiger partial charge in [-0.1, -0.05) is 18.2 Å². The van der Waals surface area contributed by atoms with E-state index in [1.807, 2.05) is 30.3 Å². The Morgan fingerprint density at radius 1 is 1.26 bits per heavy atom. The number of carbonyl (C=O) groups is 1. The third-order valence-corrected chi connectivity index (χ3v) is 3.08. The number of benzene rings is 1. The molecule has 0 aromatic heterocycles. The van der Waals surface area contributed by atoms with Gasteiger partial charge in [-0.05, 0) is 19.1 Å². The molecule has 4 nitrogen and oxygen atoms in total. The monoisotopic (exact) mass is 259 g/mol. The van der Waals surface area contributed by atoms with Crippen LogP contribution in [0.4, 0.5) is 5.69 Å². The van der Waals surface area contributed by atoms with E-state index in [1.165, 1.54) is 0 Å². The van der Waals surface area contributed by atoms with E-state index in [0.29, 0.717) is 25.9 Å². The third kappa shape index (κ3) is 5.01. The fourth-order valence-corrected chi connectivity index (χ4v) is 1.87. The van der Waals surface area contributed by atoms with Crippen LogP contribution >= 0.6 is 0 Å². The van der Waals surface area contributed by atoms with Crippen LogP contribution in [-0.4, -0.2) is 37.5 Å². The van der Waals surface area contributed by atoms with Crippen molar-refractivity contribution in [3.05, 3.63) is 30.3 Å². The quantitative estimate of drug-likeness (QED) is 0.754. The van der Waals surface area contributed by atoms with Gasteiger partial charge in [-0.3, -0.25) is 4.79 Å². The molecule has 0 spiro atoms. The Morgan fingerprint density at radius 2 is 1.95 bits per heavy atom. The first kappa shape index (κ1) is 15.0. The van der Waals surface area contributed by atoms with Crippen molar-refractivity contribution in [2.24, 2.45) is 0 Å². The zero-order valence-corrected chi connectivity index (χ0v) is 11.7. The third-order valence-electron chi connectivity index (χ3n) is 3.08. The Hall–Kier alpha value is -2.02. The number of para-hydroxylation sites is 1. The maximum Gasteiger partial charge on any atom is 0.224 e. The summed E-state index contributed by atoms with van der Waals surface area (Å²) in [5.74, 6) is 0.0876. The summed E-state index contributed by atoms with van der Waals surface area (Å²) in [6.45, 7) is 4.17. The zero-order chi connectivity index (χ0) is 14.1. The van der Waals surface area contributed by atoms with Gasteiger partial charge in [0.25, 0.3) is 0 Å². The van der Waals surface area contributed by atoms with E-state index in [2.05, 4.69) is 17.9 Å². The normalized spacial score (nSPS) is 9.74. The van der Waals surface area contributed by atoms with Crippen molar-refractivity contribution >= 4 is 11.6 Å². The Balaban J connectivity index is 2.46. The van der Waals surface area contributed by atoms with Gasteiger partial charge in [0.15, 0.2) is 0 Å². The highest BCUT2D eigenvalue weighted by molar-refractivity contribution is 5.76. The van der Waals surface area contributed by atoms with Gasteiger partial charge < -0.3 is 9.80 Å². The molecule has 1 amide bonds. The van der Waals surface area contributed by atoms with Crippen LogP contribution in [0.15, 0.2) is 30.3 Å². The van der Waals surface area contributed by atoms with Crippen LogP contribution in [0.25, 0.3) is 0 Å². The molecule has 0 aliphatic carbocycles. The highest BCUT2D eigenvalue weighted by atomic mass is 16.2. The maximum atomic E-state index is 11.9. The van der Waals surface area contributed by atoms with Gasteiger partial charge in [-0.15, -0.1) is 0 Å². The molecule has 1 aromatic rings. The smallest absolute Gasteiger partial charge is 0.224 e. The van der Waals surface area contributed by atoms with Gasteiger partial charge in [-0.25, -0.2) is 0 Å². The second-order valence-corrected chi connectivity index (χ2v) is 4.39. The lowest BCUT2D eigenvalue weighted by Crippen LogP contribution is -2.32. The molecule has 0 radical (unpaired) electrons. The van der Waals surface area contributed by atoms with Gasteiger partial charge in [-0.2, -0.15) is 5.26 Å². The summed E-state index contributed by atoms with van der Waals surface area (Å²) in [5, 5.41) is 8.51. The van der Waals surface area contributed by atoms with E-state index < -0.39 is 0 Å². The summed E-state index contributed by atoms with van der Waals surface area (Å²) in [6, 6.07) is 12.1. The second-order valence-electron chi connectivity index (χ2n) is 4.39. The van der Waals surface area contributed by atoms with Crippen LogP contribution in [0.5, 0.6) is 0 Å². The lowest BCUT2D eigenvalue weighted by Gasteiger charge is -2.24. The molecule has 0 saturated carbocycles. The van der Waals surface area contributed by atoms with Crippen LogP contribution in [0.1, 0.15) is 19.8 Å². The first-order valence-corrected chi connectivity index (χ1v) is 6.60. The number of rotatable bonds is 7. The minimum absolute atomic E-state index is 0.0876. The summed E-state index contributed by atoms with van der Waals surface area (Å²) in [7, 11) is 1.75. The van der Waals surface area contributed by atoms with Crippen molar-refractivity contribution in [1.29, 1.82) is 5.26 Å². The molecule has 0 fully saturated rings. The summed E-state index contributed by atoms with van der Waals surface area (Å²) in [6.07, 6.45) is 0.864. The van der Waals surface area contributed by atoms with Crippen molar-refractivity contribution < 1.29 is 4.79 Å². The van der Waals surface area contributed by atoms with Gasteiger partial charge in [0.2, 0.25) is 5.91 Å². The number of nitrogens with zero attached hydrogens (tertiary/aromatic N) is 3. The number of amides is 1. The highest BCUT2D eigenvalue weighted by Gasteiger charge is 2.11. The van der Waals surface area contributed by atoms with Crippen LogP contribution < -0.4 is 4.90 Å². The van der Waals surface area contributed by atoms with Crippen molar-refractivity contribution in [2.45, 2.75) is 19.8 Å². The van der Waals surface area contributed by atoms with Crippen molar-refractivity contribution in [1.82, 2.24) is 4.90 Å². The molecular weight excluding hydrogens is 238 g/mol. The van der Waals surface area contributed by atoms with Gasteiger partial charge in [0.05, 0.1) is 12.5 Å². The first-order chi connectivity index (χ1) is 9.19. The number of nitriles is 1. The van der Waals surface area contributed by atoms with Crippen LogP contribution in [-0.2, 0) is 4.79 Å². The minimum atomic E-state index is 0.0876. The number of anilines is 1. The molecular formula is C15H21N3O.